The molecule has 0 aliphatic carbocycles. The zero-order chi connectivity index (χ0) is 16.4. The zero-order valence-corrected chi connectivity index (χ0v) is 15.1. The number of amides is 1. The summed E-state index contributed by atoms with van der Waals surface area (Å²) in [6.07, 6.45) is 0. The van der Waals surface area contributed by atoms with E-state index in [1.807, 2.05) is 29.2 Å². The van der Waals surface area contributed by atoms with Crippen molar-refractivity contribution in [3.63, 3.8) is 0 Å². The lowest BCUT2D eigenvalue weighted by Crippen LogP contribution is -2.49. The standard InChI is InChI=1S/C16H17BrClN3O2/c1-23-10-15(22)21-6-4-20(5-7-21)14-3-2-11-8-12(17)9-13(18)16(11)19-14/h2-3,8-9H,4-7,10H2,1H3. The van der Waals surface area contributed by atoms with Crippen molar-refractivity contribution in [2.75, 3.05) is 44.8 Å². The zero-order valence-electron chi connectivity index (χ0n) is 12.8. The van der Waals surface area contributed by atoms with E-state index in [-0.39, 0.29) is 12.5 Å². The Morgan fingerprint density at radius 3 is 2.74 bits per heavy atom. The number of methoxy groups -OCH3 is 1. The molecule has 0 bridgehead atoms. The van der Waals surface area contributed by atoms with Gasteiger partial charge in [-0.15, -0.1) is 0 Å². The van der Waals surface area contributed by atoms with Crippen molar-refractivity contribution < 1.29 is 9.53 Å². The number of piperazine rings is 1. The van der Waals surface area contributed by atoms with Crippen LogP contribution in [0.5, 0.6) is 0 Å². The average Bonchev–Trinajstić information content (AvgIpc) is 2.55. The van der Waals surface area contributed by atoms with Crippen LogP contribution >= 0.6 is 27.5 Å². The van der Waals surface area contributed by atoms with Gasteiger partial charge >= 0.3 is 0 Å². The van der Waals surface area contributed by atoms with Crippen molar-refractivity contribution in [2.24, 2.45) is 0 Å². The molecular formula is C16H17BrClN3O2. The van der Waals surface area contributed by atoms with Crippen molar-refractivity contribution in [3.8, 4) is 0 Å². The maximum atomic E-state index is 11.8. The number of ether oxygens (including phenoxy) is 1. The molecule has 1 aliphatic heterocycles. The van der Waals surface area contributed by atoms with E-state index >= 15 is 0 Å². The lowest BCUT2D eigenvalue weighted by atomic mass is 10.2. The summed E-state index contributed by atoms with van der Waals surface area (Å²) in [5, 5.41) is 1.63. The van der Waals surface area contributed by atoms with Gasteiger partial charge in [0.25, 0.3) is 0 Å². The molecule has 1 aromatic carbocycles. The van der Waals surface area contributed by atoms with Crippen LogP contribution in [0.2, 0.25) is 5.02 Å². The molecule has 23 heavy (non-hydrogen) atoms. The van der Waals surface area contributed by atoms with Gasteiger partial charge in [0.2, 0.25) is 5.91 Å². The van der Waals surface area contributed by atoms with Crippen molar-refractivity contribution in [3.05, 3.63) is 33.8 Å². The number of fused-ring (bicyclic) bond motifs is 1. The topological polar surface area (TPSA) is 45.7 Å². The highest BCUT2D eigenvalue weighted by molar-refractivity contribution is 9.10. The fourth-order valence-corrected chi connectivity index (χ4v) is 3.60. The highest BCUT2D eigenvalue weighted by atomic mass is 79.9. The van der Waals surface area contributed by atoms with Gasteiger partial charge in [-0.2, -0.15) is 0 Å². The normalized spacial score (nSPS) is 15.3. The molecule has 2 aromatic rings. The van der Waals surface area contributed by atoms with Gasteiger partial charge in [0.15, 0.2) is 0 Å². The Hall–Kier alpha value is -1.37. The van der Waals surface area contributed by atoms with Crippen LogP contribution in [0.4, 0.5) is 5.82 Å². The summed E-state index contributed by atoms with van der Waals surface area (Å²) in [6, 6.07) is 7.87. The number of carbonyl (C=O) groups excluding carboxylic acids is 1. The summed E-state index contributed by atoms with van der Waals surface area (Å²) < 4.78 is 5.84. The molecule has 1 fully saturated rings. The fraction of sp³-hybridized carbons (Fsp3) is 0.375. The lowest BCUT2D eigenvalue weighted by molar-refractivity contribution is -0.135. The minimum Gasteiger partial charge on any atom is -0.375 e. The first-order valence-corrected chi connectivity index (χ1v) is 8.53. The lowest BCUT2D eigenvalue weighted by Gasteiger charge is -2.35. The molecular weight excluding hydrogens is 382 g/mol. The molecule has 1 saturated heterocycles. The summed E-state index contributed by atoms with van der Waals surface area (Å²) in [5.41, 5.74) is 0.797. The quantitative estimate of drug-likeness (QED) is 0.797. The molecule has 0 radical (unpaired) electrons. The number of hydrogen-bond acceptors (Lipinski definition) is 4. The third kappa shape index (κ3) is 3.59. The summed E-state index contributed by atoms with van der Waals surface area (Å²) in [6.45, 7) is 2.99. The molecule has 7 heteroatoms. The van der Waals surface area contributed by atoms with Crippen LogP contribution in [-0.2, 0) is 9.53 Å². The van der Waals surface area contributed by atoms with Gasteiger partial charge < -0.3 is 14.5 Å². The number of benzene rings is 1. The number of hydrogen-bond donors (Lipinski definition) is 0. The minimum absolute atomic E-state index is 0.0338. The van der Waals surface area contributed by atoms with Gasteiger partial charge in [-0.1, -0.05) is 27.5 Å². The molecule has 1 aromatic heterocycles. The number of carbonyl (C=O) groups is 1. The number of rotatable bonds is 3. The summed E-state index contributed by atoms with van der Waals surface area (Å²) in [5.74, 6) is 0.923. The fourth-order valence-electron chi connectivity index (χ4n) is 2.72. The van der Waals surface area contributed by atoms with Gasteiger partial charge in [-0.05, 0) is 24.3 Å². The largest absolute Gasteiger partial charge is 0.375 e. The summed E-state index contributed by atoms with van der Waals surface area (Å²) in [7, 11) is 1.54. The van der Waals surface area contributed by atoms with E-state index in [0.717, 1.165) is 34.3 Å². The smallest absolute Gasteiger partial charge is 0.248 e. The number of aromatic nitrogens is 1. The van der Waals surface area contributed by atoms with Gasteiger partial charge in [0, 0.05) is 43.1 Å². The molecule has 0 spiro atoms. The third-order valence-electron chi connectivity index (χ3n) is 3.92. The number of nitrogens with zero attached hydrogens (tertiary/aromatic N) is 3. The van der Waals surface area contributed by atoms with Crippen LogP contribution in [0.3, 0.4) is 0 Å². The van der Waals surface area contributed by atoms with Gasteiger partial charge in [-0.3, -0.25) is 4.79 Å². The summed E-state index contributed by atoms with van der Waals surface area (Å²) >= 11 is 9.74. The Morgan fingerprint density at radius 1 is 1.30 bits per heavy atom. The Labute approximate surface area is 148 Å². The Balaban J connectivity index is 1.76. The second kappa shape index (κ2) is 7.03. The molecule has 0 N–H and O–H groups in total. The predicted octanol–water partition coefficient (Wildman–Crippen LogP) is 2.95. The van der Waals surface area contributed by atoms with E-state index in [1.165, 1.54) is 7.11 Å². The summed E-state index contributed by atoms with van der Waals surface area (Å²) in [4.78, 5) is 20.5. The molecule has 3 rings (SSSR count). The van der Waals surface area contributed by atoms with Crippen LogP contribution in [-0.4, -0.2) is 55.7 Å². The van der Waals surface area contributed by atoms with Gasteiger partial charge in [0.05, 0.1) is 10.5 Å². The van der Waals surface area contributed by atoms with Crippen LogP contribution in [0, 0.1) is 0 Å². The van der Waals surface area contributed by atoms with E-state index in [1.54, 1.807) is 0 Å². The van der Waals surface area contributed by atoms with Gasteiger partial charge in [-0.25, -0.2) is 4.98 Å². The molecule has 1 amide bonds. The highest BCUT2D eigenvalue weighted by Gasteiger charge is 2.21. The van der Waals surface area contributed by atoms with Crippen LogP contribution < -0.4 is 4.90 Å². The van der Waals surface area contributed by atoms with Crippen molar-refractivity contribution in [1.29, 1.82) is 0 Å². The van der Waals surface area contributed by atoms with E-state index in [9.17, 15) is 4.79 Å². The van der Waals surface area contributed by atoms with Crippen molar-refractivity contribution in [1.82, 2.24) is 9.88 Å². The van der Waals surface area contributed by atoms with Crippen molar-refractivity contribution in [2.45, 2.75) is 0 Å². The Bertz CT molecular complexity index is 733. The first-order chi connectivity index (χ1) is 11.1. The first kappa shape index (κ1) is 16.5. The second-order valence-corrected chi connectivity index (χ2v) is 6.75. The number of halogens is 2. The van der Waals surface area contributed by atoms with E-state index in [2.05, 4.69) is 20.8 Å². The van der Waals surface area contributed by atoms with Crippen molar-refractivity contribution >= 4 is 50.2 Å². The third-order valence-corrected chi connectivity index (χ3v) is 4.67. The Morgan fingerprint density at radius 2 is 2.04 bits per heavy atom. The van der Waals surface area contributed by atoms with Crippen LogP contribution in [0.1, 0.15) is 0 Å². The molecule has 1 aliphatic rings. The first-order valence-electron chi connectivity index (χ1n) is 7.36. The second-order valence-electron chi connectivity index (χ2n) is 5.43. The molecule has 0 saturated carbocycles. The number of anilines is 1. The van der Waals surface area contributed by atoms with E-state index in [0.29, 0.717) is 18.1 Å². The monoisotopic (exact) mass is 397 g/mol. The molecule has 0 atom stereocenters. The number of pyridine rings is 1. The highest BCUT2D eigenvalue weighted by Crippen LogP contribution is 2.28. The van der Waals surface area contributed by atoms with Gasteiger partial charge in [0.1, 0.15) is 12.4 Å². The van der Waals surface area contributed by atoms with E-state index < -0.39 is 0 Å². The predicted molar refractivity (Wildman–Crippen MR) is 95.1 cm³/mol. The maximum Gasteiger partial charge on any atom is 0.248 e. The van der Waals surface area contributed by atoms with Crippen LogP contribution in [0.15, 0.2) is 28.7 Å². The Kier molecular flexibility index (Phi) is 5.04. The average molecular weight is 399 g/mol. The maximum absolute atomic E-state index is 11.8. The molecule has 0 unspecified atom stereocenters. The minimum atomic E-state index is 0.0338. The molecule has 122 valence electrons. The molecule has 5 nitrogen and oxygen atoms in total. The van der Waals surface area contributed by atoms with E-state index in [4.69, 9.17) is 21.3 Å². The molecule has 2 heterocycles. The van der Waals surface area contributed by atoms with Crippen LogP contribution in [0.25, 0.3) is 10.9 Å². The SMILES string of the molecule is COCC(=O)N1CCN(c2ccc3cc(Br)cc(Cl)c3n2)CC1.